The summed E-state index contributed by atoms with van der Waals surface area (Å²) >= 11 is 0. The molecule has 0 unspecified atom stereocenters. The van der Waals surface area contributed by atoms with Crippen LogP contribution in [0.1, 0.15) is 30.5 Å². The van der Waals surface area contributed by atoms with E-state index in [1.54, 1.807) is 23.9 Å². The van der Waals surface area contributed by atoms with Crippen molar-refractivity contribution < 1.29 is 25.2 Å². The second kappa shape index (κ2) is 11.5. The molecule has 1 heterocycles. The van der Waals surface area contributed by atoms with Gasteiger partial charge in [0.15, 0.2) is 0 Å². The summed E-state index contributed by atoms with van der Waals surface area (Å²) in [5, 5.41) is 37.8. The SMILES string of the molecule is C[C@H](O)c1nccn1[C@@H](C#Cc1ccc(-c2ccc(OCC(CO)CO)cc2)cc1)CO. The van der Waals surface area contributed by atoms with Crippen LogP contribution >= 0.6 is 0 Å². The van der Waals surface area contributed by atoms with Crippen LogP contribution in [0.5, 0.6) is 5.75 Å². The number of rotatable bonds is 9. The number of hydrogen-bond acceptors (Lipinski definition) is 6. The summed E-state index contributed by atoms with van der Waals surface area (Å²) in [4.78, 5) is 4.12. The maximum absolute atomic E-state index is 9.81. The smallest absolute Gasteiger partial charge is 0.138 e. The van der Waals surface area contributed by atoms with Gasteiger partial charge in [0.1, 0.15) is 23.7 Å². The van der Waals surface area contributed by atoms with Gasteiger partial charge in [-0.15, -0.1) is 0 Å². The molecule has 32 heavy (non-hydrogen) atoms. The molecule has 168 valence electrons. The number of imidazole rings is 1. The fourth-order valence-corrected chi connectivity index (χ4v) is 3.15. The van der Waals surface area contributed by atoms with Gasteiger partial charge in [-0.3, -0.25) is 0 Å². The Bertz CT molecular complexity index is 1030. The van der Waals surface area contributed by atoms with Gasteiger partial charge in [-0.25, -0.2) is 4.98 Å². The monoisotopic (exact) mass is 436 g/mol. The van der Waals surface area contributed by atoms with Crippen molar-refractivity contribution in [3.05, 3.63) is 72.3 Å². The lowest BCUT2D eigenvalue weighted by Gasteiger charge is -2.14. The van der Waals surface area contributed by atoms with Crippen molar-refractivity contribution in [2.75, 3.05) is 26.4 Å². The Kier molecular flexibility index (Phi) is 8.42. The zero-order valence-corrected chi connectivity index (χ0v) is 17.9. The molecular formula is C25H28N2O5. The van der Waals surface area contributed by atoms with Crippen LogP contribution in [-0.4, -0.2) is 56.4 Å². The average Bonchev–Trinajstić information content (AvgIpc) is 3.31. The van der Waals surface area contributed by atoms with Crippen LogP contribution in [0.25, 0.3) is 11.1 Å². The number of aromatic nitrogens is 2. The van der Waals surface area contributed by atoms with E-state index in [9.17, 15) is 10.2 Å². The van der Waals surface area contributed by atoms with Crippen molar-refractivity contribution in [3.8, 4) is 28.7 Å². The Balaban J connectivity index is 1.67. The summed E-state index contributed by atoms with van der Waals surface area (Å²) in [5.41, 5.74) is 2.85. The Morgan fingerprint density at radius 2 is 1.56 bits per heavy atom. The van der Waals surface area contributed by atoms with Crippen LogP contribution in [0.3, 0.4) is 0 Å². The Morgan fingerprint density at radius 3 is 2.12 bits per heavy atom. The number of hydrogen-bond donors (Lipinski definition) is 4. The molecule has 4 N–H and O–H groups in total. The topological polar surface area (TPSA) is 108 Å². The summed E-state index contributed by atoms with van der Waals surface area (Å²) in [5.74, 6) is 6.96. The van der Waals surface area contributed by atoms with Crippen molar-refractivity contribution in [1.29, 1.82) is 0 Å². The summed E-state index contributed by atoms with van der Waals surface area (Å²) in [6.45, 7) is 1.46. The maximum atomic E-state index is 9.81. The fraction of sp³-hybridized carbons (Fsp3) is 0.320. The molecule has 3 aromatic rings. The average molecular weight is 437 g/mol. The van der Waals surface area contributed by atoms with E-state index >= 15 is 0 Å². The van der Waals surface area contributed by atoms with Crippen LogP contribution in [-0.2, 0) is 0 Å². The third-order valence-corrected chi connectivity index (χ3v) is 5.04. The maximum Gasteiger partial charge on any atom is 0.138 e. The lowest BCUT2D eigenvalue weighted by Crippen LogP contribution is -2.19. The van der Waals surface area contributed by atoms with Gasteiger partial charge in [-0.1, -0.05) is 36.1 Å². The minimum absolute atomic E-state index is 0.118. The Morgan fingerprint density at radius 1 is 0.938 bits per heavy atom. The molecule has 0 amide bonds. The standard InChI is InChI=1S/C25H28N2O5/c1-18(31)25-26-12-13-27(25)23(16-30)9-4-19-2-5-21(6-3-19)22-7-10-24(11-8-22)32-17-20(14-28)15-29/h2-3,5-8,10-13,18,20,23,28-31H,14-17H2,1H3/t18-,23-/m0/s1. The quantitative estimate of drug-likeness (QED) is 0.383. The van der Waals surface area contributed by atoms with Crippen LogP contribution < -0.4 is 4.74 Å². The van der Waals surface area contributed by atoms with Gasteiger partial charge in [0.05, 0.1) is 26.4 Å². The minimum atomic E-state index is -0.747. The molecule has 1 aromatic heterocycles. The van der Waals surface area contributed by atoms with E-state index in [2.05, 4.69) is 16.8 Å². The largest absolute Gasteiger partial charge is 0.493 e. The van der Waals surface area contributed by atoms with Crippen LogP contribution in [0.15, 0.2) is 60.9 Å². The van der Waals surface area contributed by atoms with Gasteiger partial charge in [-0.2, -0.15) is 0 Å². The Labute approximate surface area is 187 Å². The van der Waals surface area contributed by atoms with Crippen molar-refractivity contribution in [2.24, 2.45) is 5.92 Å². The van der Waals surface area contributed by atoms with Crippen molar-refractivity contribution in [1.82, 2.24) is 9.55 Å². The highest BCUT2D eigenvalue weighted by Gasteiger charge is 2.14. The number of nitrogens with zero attached hydrogens (tertiary/aromatic N) is 2. The molecule has 0 aliphatic carbocycles. The molecule has 0 aliphatic heterocycles. The first-order valence-electron chi connectivity index (χ1n) is 10.4. The number of ether oxygens (including phenoxy) is 1. The highest BCUT2D eigenvalue weighted by molar-refractivity contribution is 5.65. The van der Waals surface area contributed by atoms with Crippen molar-refractivity contribution in [2.45, 2.75) is 19.1 Å². The van der Waals surface area contributed by atoms with Crippen LogP contribution in [0.4, 0.5) is 0 Å². The van der Waals surface area contributed by atoms with Gasteiger partial charge >= 0.3 is 0 Å². The lowest BCUT2D eigenvalue weighted by molar-refractivity contribution is 0.106. The molecule has 0 spiro atoms. The van der Waals surface area contributed by atoms with Crippen molar-refractivity contribution in [3.63, 3.8) is 0 Å². The first-order valence-corrected chi connectivity index (χ1v) is 10.4. The molecule has 7 heteroatoms. The number of aliphatic hydroxyl groups excluding tert-OH is 4. The summed E-state index contributed by atoms with van der Waals surface area (Å²) in [6, 6.07) is 14.9. The summed E-state index contributed by atoms with van der Waals surface area (Å²) in [6.07, 6.45) is 2.53. The molecular weight excluding hydrogens is 408 g/mol. The molecule has 2 aromatic carbocycles. The van der Waals surface area contributed by atoms with Crippen LogP contribution in [0, 0.1) is 17.8 Å². The normalized spacial score (nSPS) is 12.8. The molecule has 0 aliphatic rings. The predicted octanol–water partition coefficient (Wildman–Crippen LogP) is 2.17. The van der Waals surface area contributed by atoms with Gasteiger partial charge < -0.3 is 29.7 Å². The molecule has 0 saturated carbocycles. The zero-order chi connectivity index (χ0) is 22.9. The van der Waals surface area contributed by atoms with Crippen molar-refractivity contribution >= 4 is 0 Å². The van der Waals surface area contributed by atoms with E-state index in [0.29, 0.717) is 11.6 Å². The second-order valence-corrected chi connectivity index (χ2v) is 7.48. The second-order valence-electron chi connectivity index (χ2n) is 7.48. The highest BCUT2D eigenvalue weighted by Crippen LogP contribution is 2.23. The number of aliphatic hydroxyl groups is 4. The van der Waals surface area contributed by atoms with Crippen LogP contribution in [0.2, 0.25) is 0 Å². The minimum Gasteiger partial charge on any atom is -0.493 e. The van der Waals surface area contributed by atoms with E-state index in [1.807, 2.05) is 48.5 Å². The first kappa shape index (κ1) is 23.5. The molecule has 3 rings (SSSR count). The van der Waals surface area contributed by atoms with Gasteiger partial charge in [-0.05, 0) is 42.3 Å². The van der Waals surface area contributed by atoms with Gasteiger partial charge in [0.2, 0.25) is 0 Å². The van der Waals surface area contributed by atoms with E-state index in [-0.39, 0.29) is 32.3 Å². The van der Waals surface area contributed by atoms with E-state index in [0.717, 1.165) is 16.7 Å². The highest BCUT2D eigenvalue weighted by atomic mass is 16.5. The molecule has 2 atom stereocenters. The zero-order valence-electron chi connectivity index (χ0n) is 17.9. The van der Waals surface area contributed by atoms with E-state index in [4.69, 9.17) is 14.9 Å². The Hall–Kier alpha value is -3.15. The number of benzene rings is 2. The van der Waals surface area contributed by atoms with Gasteiger partial charge in [0.25, 0.3) is 0 Å². The van der Waals surface area contributed by atoms with E-state index in [1.165, 1.54) is 0 Å². The molecule has 0 bridgehead atoms. The summed E-state index contributed by atoms with van der Waals surface area (Å²) < 4.78 is 7.28. The predicted molar refractivity (Wildman–Crippen MR) is 121 cm³/mol. The molecule has 7 nitrogen and oxygen atoms in total. The van der Waals surface area contributed by atoms with E-state index < -0.39 is 12.1 Å². The fourth-order valence-electron chi connectivity index (χ4n) is 3.15. The first-order chi connectivity index (χ1) is 15.5. The molecule has 0 saturated heterocycles. The molecule has 0 radical (unpaired) electrons. The molecule has 0 fully saturated rings. The lowest BCUT2D eigenvalue weighted by atomic mass is 10.0. The third kappa shape index (κ3) is 5.96. The summed E-state index contributed by atoms with van der Waals surface area (Å²) in [7, 11) is 0. The van der Waals surface area contributed by atoms with Gasteiger partial charge in [0, 0.05) is 23.9 Å². The third-order valence-electron chi connectivity index (χ3n) is 5.04.